The Hall–Kier alpha value is -10.3. The maximum atomic E-state index is 8.40. The smallest absolute Gasteiger partial charge is 0.398 e. The molecule has 5 aliphatic heterocycles. The molecule has 0 aliphatic carbocycles. The fraction of sp³-hybridized carbons (Fsp3) is 0.241. The minimum Gasteiger partial charge on any atom is -0.411 e. The Balaban J connectivity index is 0.000000134. The molecule has 17 heteroatoms. The molecular weight excluding hydrogens is 1220 g/mol. The summed E-state index contributed by atoms with van der Waals surface area (Å²) in [5.74, 6) is 8.89. The molecule has 100 heavy (non-hydrogen) atoms. The summed E-state index contributed by atoms with van der Waals surface area (Å²) in [5.41, 5.74) is 8.05. The highest BCUT2D eigenvalue weighted by Crippen LogP contribution is 2.14. The van der Waals surface area contributed by atoms with E-state index in [1.165, 1.54) is 60.2 Å². The second-order valence-electron chi connectivity index (χ2n) is 27.1. The first-order valence-electron chi connectivity index (χ1n) is 37.9. The Bertz CT molecular complexity index is 5490. The van der Waals surface area contributed by atoms with E-state index < -0.39 is 25.0 Å². The first-order chi connectivity index (χ1) is 50.8. The molecule has 3 aromatic carbocycles. The Morgan fingerprint density at radius 2 is 0.750 bits per heavy atom. The van der Waals surface area contributed by atoms with Gasteiger partial charge in [-0.05, 0) is 179 Å². The van der Waals surface area contributed by atoms with Crippen molar-refractivity contribution in [2.24, 2.45) is 41.2 Å². The van der Waals surface area contributed by atoms with E-state index in [1.54, 1.807) is 6.07 Å². The third kappa shape index (κ3) is 16.9. The summed E-state index contributed by atoms with van der Waals surface area (Å²) in [6.07, 6.45) is 25.1. The molecule has 0 radical (unpaired) electrons. The van der Waals surface area contributed by atoms with Gasteiger partial charge in [0, 0.05) is 81.9 Å². The molecule has 0 saturated heterocycles. The van der Waals surface area contributed by atoms with Crippen molar-refractivity contribution < 1.29 is 32.4 Å². The molecule has 0 bridgehead atoms. The van der Waals surface area contributed by atoms with Gasteiger partial charge in [0.05, 0.1) is 5.35 Å². The third-order valence-electron chi connectivity index (χ3n) is 19.1. The van der Waals surface area contributed by atoms with Crippen molar-refractivity contribution in [3.05, 3.63) is 282 Å². The molecule has 15 rings (SSSR count). The van der Waals surface area contributed by atoms with Gasteiger partial charge in [-0.3, -0.25) is 9.97 Å². The summed E-state index contributed by atoms with van der Waals surface area (Å²) in [4.78, 5) is 19.6. The molecule has 0 N–H and O–H groups in total. The zero-order valence-electron chi connectivity index (χ0n) is 67.8. The standard InChI is InChI=1S/C19H24BN2.2C18H22BN2.2C14H15BN3/c1-15(2)11-16-9-10-21(3)19(12-16)20-13-17-7-5-6-8-18(17)14-22(20)4;2*1-14(2)15-9-10-20(3)18(11-15)19-12-16-7-5-6-8-17(16)13-21(19)4;1-17-9-4-3-7-14(17)15-10-13-12(11-18(15)2)6-5-8-16-13;1-17-8-4-3-5-14(17)15-9-13-10-16-7-6-12(13)11-18(15)2/h5-10,12-15H,11H2,1-4H3;2*5-14H,1-4H3;2*3-11H,1-2H3/q5*+1/i11D2;1D3,14D;14D;;. The van der Waals surface area contributed by atoms with Crippen molar-refractivity contribution in [1.82, 2.24) is 34.0 Å². The van der Waals surface area contributed by atoms with Crippen LogP contribution in [0, 0.1) is 5.92 Å². The van der Waals surface area contributed by atoms with Crippen LogP contribution in [0.1, 0.15) is 79.5 Å². The highest BCUT2D eigenvalue weighted by Gasteiger charge is 2.34. The number of hydrogen-bond donors (Lipinski definition) is 0. The van der Waals surface area contributed by atoms with Crippen LogP contribution in [-0.2, 0) is 41.6 Å². The lowest BCUT2D eigenvalue weighted by molar-refractivity contribution is -0.654. The predicted octanol–water partition coefficient (Wildman–Crippen LogP) is -0.700. The Morgan fingerprint density at radius 1 is 0.380 bits per heavy atom. The molecule has 0 spiro atoms. The largest absolute Gasteiger partial charge is 0.411 e. The number of rotatable bonds is 9. The second kappa shape index (κ2) is 32.2. The van der Waals surface area contributed by atoms with Gasteiger partial charge < -0.3 is 24.1 Å². The van der Waals surface area contributed by atoms with E-state index in [4.69, 9.17) is 9.60 Å². The van der Waals surface area contributed by atoms with E-state index in [0.29, 0.717) is 5.56 Å². The number of aryl methyl sites for hydroxylation is 5. The summed E-state index contributed by atoms with van der Waals surface area (Å²) in [6.45, 7) is 7.53. The van der Waals surface area contributed by atoms with Gasteiger partial charge in [-0.1, -0.05) is 156 Å². The molecule has 1 unspecified atom stereocenters. The van der Waals surface area contributed by atoms with Crippen LogP contribution in [0.4, 0.5) is 0 Å². The van der Waals surface area contributed by atoms with Crippen LogP contribution in [-0.4, -0.2) is 103 Å². The van der Waals surface area contributed by atoms with Gasteiger partial charge in [-0.25, -0.2) is 22.8 Å². The molecule has 7 aromatic heterocycles. The van der Waals surface area contributed by atoms with E-state index in [-0.39, 0.29) is 40.2 Å². The fourth-order valence-electron chi connectivity index (χ4n) is 13.4. The van der Waals surface area contributed by atoms with Gasteiger partial charge in [0.2, 0.25) is 0 Å². The molecule has 500 valence electrons. The van der Waals surface area contributed by atoms with E-state index >= 15 is 0 Å². The molecule has 10 aromatic rings. The lowest BCUT2D eigenvalue weighted by Gasteiger charge is -2.22. The quantitative estimate of drug-likeness (QED) is 0.140. The van der Waals surface area contributed by atoms with Crippen LogP contribution in [0.3, 0.4) is 0 Å². The van der Waals surface area contributed by atoms with E-state index in [9.17, 15) is 0 Å². The Kier molecular flexibility index (Phi) is 19.9. The number of hydrogen-bond acceptors (Lipinski definition) is 7. The van der Waals surface area contributed by atoms with Gasteiger partial charge in [-0.2, -0.15) is 0 Å². The lowest BCUT2D eigenvalue weighted by atomic mass is 9.55. The predicted molar refractivity (Wildman–Crippen MR) is 419 cm³/mol. The molecule has 12 heterocycles. The molecule has 0 amide bonds. The number of pyridine rings is 7. The number of nitrogens with zero attached hydrogens (tertiary/aromatic N) is 12. The summed E-state index contributed by atoms with van der Waals surface area (Å²) >= 11 is 0. The monoisotopic (exact) mass is 1320 g/mol. The van der Waals surface area contributed by atoms with Crippen molar-refractivity contribution in [2.75, 3.05) is 35.2 Å². The summed E-state index contributed by atoms with van der Waals surface area (Å²) in [6, 6.07) is 55.3. The minimum absolute atomic E-state index is 0.0211. The number of aromatic nitrogens is 7. The first kappa shape index (κ1) is 62.0. The average Bonchev–Trinajstić information content (AvgIpc) is 0.783. The molecule has 0 fully saturated rings. The molecular formula is C83H98B5N12+5. The Morgan fingerprint density at radius 3 is 1.20 bits per heavy atom. The van der Waals surface area contributed by atoms with Gasteiger partial charge >= 0.3 is 34.2 Å². The summed E-state index contributed by atoms with van der Waals surface area (Å²) < 4.78 is 67.0. The maximum absolute atomic E-state index is 8.40. The summed E-state index contributed by atoms with van der Waals surface area (Å²) in [7, 11) is 20.6. The van der Waals surface area contributed by atoms with Crippen molar-refractivity contribution >= 4 is 123 Å². The van der Waals surface area contributed by atoms with Crippen molar-refractivity contribution in [2.45, 2.75) is 59.6 Å². The van der Waals surface area contributed by atoms with E-state index in [2.05, 4.69) is 278 Å². The first-order valence-corrected chi connectivity index (χ1v) is 34.4. The SMILES string of the molecule is CN1C=c2cccnc2=CB1c1cccc[n+]1C.CN1C=c2ccncc2=CB1c1cccc[n+]1C.[2H]C(C)(C)c1cc[n+](C)c(B2C=c3ccccc3=CN2C)c1.[2H]C([2H])([2H])C([2H])(C)c1cc[n+](C)c(B2C=c3ccccc3=CN2C)c1.[2H]C([2H])(c1cc[n+](C)c(B2C=c3ccccc3=CN2C)c1)C(C)C. The van der Waals surface area contributed by atoms with Crippen LogP contribution in [0.2, 0.25) is 0 Å². The van der Waals surface area contributed by atoms with Crippen LogP contribution in [0.25, 0.3) is 60.9 Å². The van der Waals surface area contributed by atoms with Gasteiger partial charge in [0.15, 0.2) is 59.0 Å². The van der Waals surface area contributed by atoms with Crippen LogP contribution in [0.15, 0.2) is 213 Å². The topological polar surface area (TPSA) is 61.4 Å². The molecule has 1 atom stereocenters. The lowest BCUT2D eigenvalue weighted by Crippen LogP contribution is -2.61. The molecule has 5 aliphatic rings. The normalized spacial score (nSPS) is 15.7. The number of benzene rings is 3. The molecule has 0 saturated carbocycles. The van der Waals surface area contributed by atoms with Crippen molar-refractivity contribution in [1.29, 1.82) is 0 Å². The van der Waals surface area contributed by atoms with Gasteiger partial charge in [0.1, 0.15) is 35.2 Å². The zero-order chi connectivity index (χ0) is 76.9. The fourth-order valence-corrected chi connectivity index (χ4v) is 13.4. The minimum atomic E-state index is -2.38. The maximum Gasteiger partial charge on any atom is 0.398 e. The Labute approximate surface area is 604 Å². The number of fused-ring (bicyclic) bond motifs is 5. The van der Waals surface area contributed by atoms with Gasteiger partial charge in [-0.15, -0.1) is 0 Å². The van der Waals surface area contributed by atoms with Crippen LogP contribution < -0.4 is 103 Å². The summed E-state index contributed by atoms with van der Waals surface area (Å²) in [5, 5.41) is 11.9. The van der Waals surface area contributed by atoms with Crippen molar-refractivity contribution in [3.63, 3.8) is 0 Å². The van der Waals surface area contributed by atoms with Crippen molar-refractivity contribution in [3.8, 4) is 0 Å². The molecule has 12 nitrogen and oxygen atoms in total. The van der Waals surface area contributed by atoms with Crippen LogP contribution >= 0.6 is 0 Å². The van der Waals surface area contributed by atoms with E-state index in [1.807, 2.05) is 145 Å². The highest BCUT2D eigenvalue weighted by atomic mass is 15.1. The highest BCUT2D eigenvalue weighted by molar-refractivity contribution is 6.84. The average molecular weight is 1320 g/mol. The van der Waals surface area contributed by atoms with Crippen LogP contribution in [0.5, 0.6) is 0 Å². The third-order valence-corrected chi connectivity index (χ3v) is 19.1. The van der Waals surface area contributed by atoms with Gasteiger partial charge in [0.25, 0.3) is 0 Å². The second-order valence-corrected chi connectivity index (χ2v) is 27.1. The zero-order valence-corrected chi connectivity index (χ0v) is 60.8. The van der Waals surface area contributed by atoms with E-state index in [0.717, 1.165) is 38.1 Å².